The lowest BCUT2D eigenvalue weighted by molar-refractivity contribution is 0.302. The number of guanidine groups is 1. The first kappa shape index (κ1) is 19.9. The molecular formula is C17H33N5S. The Kier molecular flexibility index (Phi) is 9.87. The fraction of sp³-hybridized carbons (Fsp3) is 0.765. The second-order valence-corrected chi connectivity index (χ2v) is 6.85. The maximum atomic E-state index is 4.66. The van der Waals surface area contributed by atoms with Crippen LogP contribution in [0.15, 0.2) is 4.99 Å². The van der Waals surface area contributed by atoms with Gasteiger partial charge in [-0.25, -0.2) is 4.98 Å². The van der Waals surface area contributed by atoms with E-state index in [4.69, 9.17) is 0 Å². The molecule has 0 aliphatic rings. The van der Waals surface area contributed by atoms with Crippen molar-refractivity contribution in [3.05, 3.63) is 15.6 Å². The number of nitrogens with zero attached hydrogens (tertiary/aromatic N) is 3. The van der Waals surface area contributed by atoms with Crippen molar-refractivity contribution in [2.75, 3.05) is 39.3 Å². The zero-order valence-electron chi connectivity index (χ0n) is 15.4. The van der Waals surface area contributed by atoms with E-state index in [1.54, 1.807) is 11.3 Å². The first-order chi connectivity index (χ1) is 11.1. The summed E-state index contributed by atoms with van der Waals surface area (Å²) in [5.74, 6) is 0.914. The lowest BCUT2D eigenvalue weighted by atomic mass is 10.3. The normalized spacial score (nSPS) is 12.0. The zero-order valence-corrected chi connectivity index (χ0v) is 16.2. The van der Waals surface area contributed by atoms with E-state index in [0.29, 0.717) is 0 Å². The van der Waals surface area contributed by atoms with Crippen molar-refractivity contribution < 1.29 is 0 Å². The average Bonchev–Trinajstić information content (AvgIpc) is 2.85. The summed E-state index contributed by atoms with van der Waals surface area (Å²) in [5, 5.41) is 7.91. The van der Waals surface area contributed by atoms with Crippen LogP contribution in [0.1, 0.15) is 42.8 Å². The summed E-state index contributed by atoms with van der Waals surface area (Å²) < 4.78 is 0. The van der Waals surface area contributed by atoms with Crippen LogP contribution >= 0.6 is 11.3 Å². The van der Waals surface area contributed by atoms with Crippen LogP contribution < -0.4 is 10.6 Å². The quantitative estimate of drug-likeness (QED) is 0.391. The summed E-state index contributed by atoms with van der Waals surface area (Å²) in [6.45, 7) is 16.7. The molecule has 0 bridgehead atoms. The molecule has 0 fully saturated rings. The molecule has 0 saturated heterocycles. The Bertz CT molecular complexity index is 446. The highest BCUT2D eigenvalue weighted by Gasteiger charge is 2.04. The van der Waals surface area contributed by atoms with Gasteiger partial charge in [0.15, 0.2) is 5.96 Å². The molecule has 0 saturated carbocycles. The van der Waals surface area contributed by atoms with Gasteiger partial charge in [-0.2, -0.15) is 0 Å². The van der Waals surface area contributed by atoms with Gasteiger partial charge in [-0.3, -0.25) is 4.99 Å². The van der Waals surface area contributed by atoms with Crippen molar-refractivity contribution in [1.29, 1.82) is 0 Å². The van der Waals surface area contributed by atoms with Crippen molar-refractivity contribution in [2.24, 2.45) is 4.99 Å². The van der Waals surface area contributed by atoms with Crippen LogP contribution in [0.4, 0.5) is 0 Å². The second kappa shape index (κ2) is 11.4. The van der Waals surface area contributed by atoms with Gasteiger partial charge in [-0.05, 0) is 46.8 Å². The molecule has 1 aromatic heterocycles. The van der Waals surface area contributed by atoms with E-state index in [1.807, 2.05) is 0 Å². The Morgan fingerprint density at radius 3 is 2.48 bits per heavy atom. The van der Waals surface area contributed by atoms with Gasteiger partial charge < -0.3 is 15.5 Å². The molecule has 2 N–H and O–H groups in total. The molecule has 0 amide bonds. The van der Waals surface area contributed by atoms with Crippen LogP contribution in [0.2, 0.25) is 0 Å². The van der Waals surface area contributed by atoms with E-state index in [2.05, 4.69) is 60.1 Å². The molecular weight excluding hydrogens is 306 g/mol. The van der Waals surface area contributed by atoms with Gasteiger partial charge in [0.25, 0.3) is 0 Å². The Morgan fingerprint density at radius 1 is 1.17 bits per heavy atom. The van der Waals surface area contributed by atoms with E-state index in [0.717, 1.165) is 63.8 Å². The van der Waals surface area contributed by atoms with Crippen LogP contribution in [0.25, 0.3) is 0 Å². The van der Waals surface area contributed by atoms with Crippen molar-refractivity contribution >= 4 is 17.3 Å². The monoisotopic (exact) mass is 339 g/mol. The smallest absolute Gasteiger partial charge is 0.191 e. The Morgan fingerprint density at radius 2 is 1.91 bits per heavy atom. The zero-order chi connectivity index (χ0) is 17.1. The highest BCUT2D eigenvalue weighted by atomic mass is 32.1. The molecule has 132 valence electrons. The molecule has 0 aliphatic carbocycles. The van der Waals surface area contributed by atoms with E-state index in [9.17, 15) is 0 Å². The first-order valence-corrected chi connectivity index (χ1v) is 9.59. The molecule has 1 heterocycles. The van der Waals surface area contributed by atoms with Gasteiger partial charge >= 0.3 is 0 Å². The minimum Gasteiger partial charge on any atom is -0.357 e. The minimum absolute atomic E-state index is 0.862. The molecule has 1 aromatic rings. The molecule has 0 spiro atoms. The van der Waals surface area contributed by atoms with Crippen molar-refractivity contribution in [2.45, 2.75) is 47.5 Å². The summed E-state index contributed by atoms with van der Waals surface area (Å²) in [4.78, 5) is 13.0. The van der Waals surface area contributed by atoms with Crippen LogP contribution in [0.3, 0.4) is 0 Å². The lowest BCUT2D eigenvalue weighted by Gasteiger charge is -2.17. The predicted molar refractivity (Wildman–Crippen MR) is 102 cm³/mol. The predicted octanol–water partition coefficient (Wildman–Crippen LogP) is 2.59. The summed E-state index contributed by atoms with van der Waals surface area (Å²) >= 11 is 1.79. The molecule has 0 aromatic carbocycles. The molecule has 1 rings (SSSR count). The number of aryl methyl sites for hydroxylation is 2. The maximum Gasteiger partial charge on any atom is 0.191 e. The van der Waals surface area contributed by atoms with Crippen molar-refractivity contribution in [3.8, 4) is 0 Å². The third-order valence-electron chi connectivity index (χ3n) is 3.85. The molecule has 6 heteroatoms. The summed E-state index contributed by atoms with van der Waals surface area (Å²) in [6, 6.07) is 0. The number of hydrogen-bond acceptors (Lipinski definition) is 4. The molecule has 0 atom stereocenters. The van der Waals surface area contributed by atoms with E-state index >= 15 is 0 Å². The summed E-state index contributed by atoms with van der Waals surface area (Å²) in [7, 11) is 0. The largest absolute Gasteiger partial charge is 0.357 e. The minimum atomic E-state index is 0.862. The van der Waals surface area contributed by atoms with Crippen LogP contribution in [-0.4, -0.2) is 55.1 Å². The topological polar surface area (TPSA) is 52.6 Å². The summed E-state index contributed by atoms with van der Waals surface area (Å²) in [5.41, 5.74) is 1.15. The number of aromatic nitrogens is 1. The number of rotatable bonds is 10. The van der Waals surface area contributed by atoms with Crippen molar-refractivity contribution in [3.63, 3.8) is 0 Å². The Hall–Kier alpha value is -1.14. The number of nitrogens with one attached hydrogen (secondary N) is 2. The molecule has 0 radical (unpaired) electrons. The van der Waals surface area contributed by atoms with Crippen LogP contribution in [0.5, 0.6) is 0 Å². The fourth-order valence-corrected chi connectivity index (χ4v) is 3.23. The third kappa shape index (κ3) is 7.79. The van der Waals surface area contributed by atoms with E-state index in [-0.39, 0.29) is 0 Å². The molecule has 0 unspecified atom stereocenters. The highest BCUT2D eigenvalue weighted by Crippen LogP contribution is 2.16. The lowest BCUT2D eigenvalue weighted by Crippen LogP contribution is -2.38. The van der Waals surface area contributed by atoms with Gasteiger partial charge in [0, 0.05) is 30.9 Å². The number of thiazole rings is 1. The van der Waals surface area contributed by atoms with Crippen LogP contribution in [0, 0.1) is 13.8 Å². The average molecular weight is 340 g/mol. The molecule has 5 nitrogen and oxygen atoms in total. The first-order valence-electron chi connectivity index (χ1n) is 8.78. The second-order valence-electron chi connectivity index (χ2n) is 5.57. The number of aliphatic imine (C=N–C) groups is 1. The van der Waals surface area contributed by atoms with Gasteiger partial charge in [0.05, 0.1) is 10.7 Å². The van der Waals surface area contributed by atoms with Gasteiger partial charge in [0.2, 0.25) is 0 Å². The maximum absolute atomic E-state index is 4.66. The Labute approximate surface area is 145 Å². The standard InChI is InChI=1S/C17H33N5S/c1-6-18-17(19-11-9-13-22(7-2)8-3)20-12-10-16-21-14(4)15(5)23-16/h6-13H2,1-5H3,(H2,18,19,20). The molecule has 23 heavy (non-hydrogen) atoms. The van der Waals surface area contributed by atoms with E-state index in [1.165, 1.54) is 9.88 Å². The fourth-order valence-electron chi connectivity index (χ4n) is 2.30. The third-order valence-corrected chi connectivity index (χ3v) is 4.98. The van der Waals surface area contributed by atoms with E-state index < -0.39 is 0 Å². The van der Waals surface area contributed by atoms with Crippen molar-refractivity contribution in [1.82, 2.24) is 20.5 Å². The molecule has 0 aliphatic heterocycles. The van der Waals surface area contributed by atoms with Gasteiger partial charge in [0.1, 0.15) is 0 Å². The van der Waals surface area contributed by atoms with Crippen LogP contribution in [-0.2, 0) is 6.42 Å². The van der Waals surface area contributed by atoms with Gasteiger partial charge in [-0.1, -0.05) is 13.8 Å². The SMILES string of the molecule is CCNC(=NCCCN(CC)CC)NCCc1nc(C)c(C)s1. The summed E-state index contributed by atoms with van der Waals surface area (Å²) in [6.07, 6.45) is 2.05. The Balaban J connectivity index is 2.34. The highest BCUT2D eigenvalue weighted by molar-refractivity contribution is 7.11. The number of hydrogen-bond donors (Lipinski definition) is 2. The van der Waals surface area contributed by atoms with Gasteiger partial charge in [-0.15, -0.1) is 11.3 Å².